The number of hydrogen-bond acceptors (Lipinski definition) is 2. The fourth-order valence-corrected chi connectivity index (χ4v) is 1.87. The Bertz CT molecular complexity index is 345. The zero-order chi connectivity index (χ0) is 10.7. The van der Waals surface area contributed by atoms with Gasteiger partial charge in [-0.05, 0) is 39.5 Å². The molecule has 0 N–H and O–H groups in total. The standard InChI is InChI=1S/C11H13BrO2/c1-7(2)9-5-11(14-3)10(12)4-8(9)6-13/h4-7H,1-3H3. The molecule has 1 aromatic rings. The summed E-state index contributed by atoms with van der Waals surface area (Å²) < 4.78 is 5.98. The minimum atomic E-state index is 0.317. The molecule has 1 rings (SSSR count). The second kappa shape index (κ2) is 4.60. The molecule has 0 spiro atoms. The summed E-state index contributed by atoms with van der Waals surface area (Å²) in [4.78, 5) is 10.8. The van der Waals surface area contributed by atoms with Gasteiger partial charge >= 0.3 is 0 Å². The average molecular weight is 257 g/mol. The Morgan fingerprint density at radius 2 is 2.07 bits per heavy atom. The minimum Gasteiger partial charge on any atom is -0.496 e. The van der Waals surface area contributed by atoms with E-state index in [1.807, 2.05) is 6.07 Å². The molecule has 0 fully saturated rings. The van der Waals surface area contributed by atoms with Gasteiger partial charge in [0.05, 0.1) is 11.6 Å². The number of halogens is 1. The highest BCUT2D eigenvalue weighted by atomic mass is 79.9. The fourth-order valence-electron chi connectivity index (χ4n) is 1.34. The second-order valence-electron chi connectivity index (χ2n) is 3.39. The molecule has 0 atom stereocenters. The molecule has 0 aromatic heterocycles. The van der Waals surface area contributed by atoms with Gasteiger partial charge in [0, 0.05) is 5.56 Å². The summed E-state index contributed by atoms with van der Waals surface area (Å²) in [6.45, 7) is 4.10. The lowest BCUT2D eigenvalue weighted by Crippen LogP contribution is -1.97. The summed E-state index contributed by atoms with van der Waals surface area (Å²) in [5.74, 6) is 1.08. The van der Waals surface area contributed by atoms with Gasteiger partial charge in [-0.1, -0.05) is 13.8 Å². The van der Waals surface area contributed by atoms with Crippen LogP contribution in [-0.2, 0) is 0 Å². The highest BCUT2D eigenvalue weighted by molar-refractivity contribution is 9.10. The van der Waals surface area contributed by atoms with E-state index in [0.717, 1.165) is 22.1 Å². The van der Waals surface area contributed by atoms with Gasteiger partial charge in [0.1, 0.15) is 12.0 Å². The van der Waals surface area contributed by atoms with E-state index in [-0.39, 0.29) is 0 Å². The van der Waals surface area contributed by atoms with Crippen molar-refractivity contribution in [3.05, 3.63) is 27.7 Å². The van der Waals surface area contributed by atoms with Crippen LogP contribution in [0.15, 0.2) is 16.6 Å². The maximum Gasteiger partial charge on any atom is 0.150 e. The Labute approximate surface area is 92.4 Å². The molecule has 0 heterocycles. The van der Waals surface area contributed by atoms with E-state index < -0.39 is 0 Å². The average Bonchev–Trinajstić information content (AvgIpc) is 2.16. The first-order chi connectivity index (χ1) is 6.60. The van der Waals surface area contributed by atoms with Gasteiger partial charge in [0.15, 0.2) is 0 Å². The van der Waals surface area contributed by atoms with Crippen LogP contribution in [0.2, 0.25) is 0 Å². The van der Waals surface area contributed by atoms with Gasteiger partial charge in [0.2, 0.25) is 0 Å². The third-order valence-electron chi connectivity index (χ3n) is 2.11. The number of benzene rings is 1. The van der Waals surface area contributed by atoms with Crippen molar-refractivity contribution in [2.45, 2.75) is 19.8 Å². The molecule has 0 unspecified atom stereocenters. The Morgan fingerprint density at radius 1 is 1.43 bits per heavy atom. The van der Waals surface area contributed by atoms with E-state index in [0.29, 0.717) is 11.5 Å². The molecule has 0 aliphatic heterocycles. The Kier molecular flexibility index (Phi) is 3.69. The predicted octanol–water partition coefficient (Wildman–Crippen LogP) is 3.39. The third kappa shape index (κ3) is 2.15. The second-order valence-corrected chi connectivity index (χ2v) is 4.24. The third-order valence-corrected chi connectivity index (χ3v) is 2.73. The molecule has 0 saturated heterocycles. The Hall–Kier alpha value is -0.830. The van der Waals surface area contributed by atoms with Crippen molar-refractivity contribution in [1.29, 1.82) is 0 Å². The summed E-state index contributed by atoms with van der Waals surface area (Å²) in [7, 11) is 1.62. The van der Waals surface area contributed by atoms with Crippen LogP contribution in [0.3, 0.4) is 0 Å². The number of hydrogen-bond donors (Lipinski definition) is 0. The van der Waals surface area contributed by atoms with Crippen molar-refractivity contribution in [2.24, 2.45) is 0 Å². The van der Waals surface area contributed by atoms with Crippen LogP contribution in [0, 0.1) is 0 Å². The molecule has 0 radical (unpaired) electrons. The summed E-state index contributed by atoms with van der Waals surface area (Å²) in [5, 5.41) is 0. The lowest BCUT2D eigenvalue weighted by Gasteiger charge is -2.12. The van der Waals surface area contributed by atoms with Crippen molar-refractivity contribution < 1.29 is 9.53 Å². The molecule has 1 aromatic carbocycles. The number of methoxy groups -OCH3 is 1. The number of aldehydes is 1. The Morgan fingerprint density at radius 3 is 2.50 bits per heavy atom. The first-order valence-corrected chi connectivity index (χ1v) is 5.22. The molecule has 76 valence electrons. The number of carbonyl (C=O) groups is 1. The molecule has 0 aliphatic carbocycles. The normalized spacial score (nSPS) is 10.4. The summed E-state index contributed by atoms with van der Waals surface area (Å²) >= 11 is 3.35. The maximum atomic E-state index is 10.8. The summed E-state index contributed by atoms with van der Waals surface area (Å²) in [6.07, 6.45) is 0.875. The molecular weight excluding hydrogens is 244 g/mol. The molecule has 14 heavy (non-hydrogen) atoms. The number of rotatable bonds is 3. The smallest absolute Gasteiger partial charge is 0.150 e. The summed E-state index contributed by atoms with van der Waals surface area (Å²) in [6, 6.07) is 3.69. The lowest BCUT2D eigenvalue weighted by molar-refractivity contribution is 0.112. The maximum absolute atomic E-state index is 10.8. The Balaban J connectivity index is 3.32. The quantitative estimate of drug-likeness (QED) is 0.776. The van der Waals surface area contributed by atoms with Crippen molar-refractivity contribution in [1.82, 2.24) is 0 Å². The molecule has 0 saturated carbocycles. The van der Waals surface area contributed by atoms with E-state index >= 15 is 0 Å². The molecule has 2 nitrogen and oxygen atoms in total. The number of carbonyl (C=O) groups excluding carboxylic acids is 1. The van der Waals surface area contributed by atoms with Gasteiger partial charge in [-0.25, -0.2) is 0 Å². The monoisotopic (exact) mass is 256 g/mol. The van der Waals surface area contributed by atoms with E-state index in [4.69, 9.17) is 4.74 Å². The molecular formula is C11H13BrO2. The first-order valence-electron chi connectivity index (χ1n) is 4.42. The SMILES string of the molecule is COc1cc(C(C)C)c(C=O)cc1Br. The van der Waals surface area contributed by atoms with E-state index in [1.54, 1.807) is 13.2 Å². The van der Waals surface area contributed by atoms with E-state index in [2.05, 4.69) is 29.8 Å². The van der Waals surface area contributed by atoms with Crippen LogP contribution in [0.1, 0.15) is 35.7 Å². The van der Waals surface area contributed by atoms with Gasteiger partial charge in [-0.3, -0.25) is 4.79 Å². The highest BCUT2D eigenvalue weighted by Gasteiger charge is 2.10. The van der Waals surface area contributed by atoms with Crippen LogP contribution in [0.25, 0.3) is 0 Å². The van der Waals surface area contributed by atoms with Crippen molar-refractivity contribution in [3.63, 3.8) is 0 Å². The van der Waals surface area contributed by atoms with Crippen molar-refractivity contribution in [3.8, 4) is 5.75 Å². The van der Waals surface area contributed by atoms with E-state index in [9.17, 15) is 4.79 Å². The molecule has 0 bridgehead atoms. The van der Waals surface area contributed by atoms with Crippen molar-refractivity contribution in [2.75, 3.05) is 7.11 Å². The molecule has 0 amide bonds. The van der Waals surface area contributed by atoms with Gasteiger partial charge in [-0.15, -0.1) is 0 Å². The minimum absolute atomic E-state index is 0.317. The highest BCUT2D eigenvalue weighted by Crippen LogP contribution is 2.31. The van der Waals surface area contributed by atoms with Crippen molar-refractivity contribution >= 4 is 22.2 Å². The van der Waals surface area contributed by atoms with Crippen LogP contribution in [0.5, 0.6) is 5.75 Å². The van der Waals surface area contributed by atoms with Crippen LogP contribution < -0.4 is 4.74 Å². The van der Waals surface area contributed by atoms with Gasteiger partial charge in [0.25, 0.3) is 0 Å². The summed E-state index contributed by atoms with van der Waals surface area (Å²) in [5.41, 5.74) is 1.73. The lowest BCUT2D eigenvalue weighted by atomic mass is 9.98. The zero-order valence-electron chi connectivity index (χ0n) is 8.50. The number of ether oxygens (including phenoxy) is 1. The van der Waals surface area contributed by atoms with Gasteiger partial charge < -0.3 is 4.74 Å². The zero-order valence-corrected chi connectivity index (χ0v) is 10.1. The first kappa shape index (κ1) is 11.2. The van der Waals surface area contributed by atoms with Crippen LogP contribution >= 0.6 is 15.9 Å². The van der Waals surface area contributed by atoms with Crippen LogP contribution in [-0.4, -0.2) is 13.4 Å². The van der Waals surface area contributed by atoms with E-state index in [1.165, 1.54) is 0 Å². The van der Waals surface area contributed by atoms with Crippen LogP contribution in [0.4, 0.5) is 0 Å². The molecule has 3 heteroatoms. The molecule has 0 aliphatic rings. The largest absolute Gasteiger partial charge is 0.496 e. The topological polar surface area (TPSA) is 26.3 Å². The fraction of sp³-hybridized carbons (Fsp3) is 0.364. The van der Waals surface area contributed by atoms with Gasteiger partial charge in [-0.2, -0.15) is 0 Å². The predicted molar refractivity (Wildman–Crippen MR) is 60.2 cm³/mol.